The van der Waals surface area contributed by atoms with E-state index in [9.17, 15) is 9.90 Å². The summed E-state index contributed by atoms with van der Waals surface area (Å²) in [5.74, 6) is -0.490. The highest BCUT2D eigenvalue weighted by Gasteiger charge is 2.29. The van der Waals surface area contributed by atoms with Crippen molar-refractivity contribution in [3.05, 3.63) is 34.9 Å². The zero-order valence-corrected chi connectivity index (χ0v) is 11.5. The van der Waals surface area contributed by atoms with Crippen LogP contribution in [0.3, 0.4) is 0 Å². The normalized spacial score (nSPS) is 14.6. The number of aliphatic hydroxyl groups excluding tert-OH is 1. The molecule has 0 amide bonds. The number of carboxylic acids is 1. The molecule has 0 spiro atoms. The third kappa shape index (κ3) is 3.10. The summed E-state index contributed by atoms with van der Waals surface area (Å²) >= 11 is 0. The zero-order valence-electron chi connectivity index (χ0n) is 11.5. The quantitative estimate of drug-likeness (QED) is 0.844. The van der Waals surface area contributed by atoms with E-state index in [0.717, 1.165) is 17.5 Å². The van der Waals surface area contributed by atoms with Gasteiger partial charge in [0.15, 0.2) is 0 Å². The first kappa shape index (κ1) is 14.7. The van der Waals surface area contributed by atoms with Gasteiger partial charge < -0.3 is 10.2 Å². The number of hydrogen-bond donors (Lipinski definition) is 2. The van der Waals surface area contributed by atoms with Crippen LogP contribution < -0.4 is 0 Å². The highest BCUT2D eigenvalue weighted by Crippen LogP contribution is 2.33. The average Bonchev–Trinajstić information content (AvgIpc) is 2.28. The Bertz CT molecular complexity index is 437. The smallest absolute Gasteiger partial charge is 0.335 e. The second kappa shape index (κ2) is 5.53. The lowest BCUT2D eigenvalue weighted by Crippen LogP contribution is -2.30. The van der Waals surface area contributed by atoms with Gasteiger partial charge in [-0.25, -0.2) is 4.79 Å². The molecule has 0 heterocycles. The topological polar surface area (TPSA) is 57.5 Å². The van der Waals surface area contributed by atoms with E-state index in [1.54, 1.807) is 12.1 Å². The molecule has 0 saturated heterocycles. The Kier molecular flexibility index (Phi) is 4.52. The van der Waals surface area contributed by atoms with Gasteiger partial charge in [-0.05, 0) is 42.5 Å². The molecule has 0 aliphatic carbocycles. The third-order valence-corrected chi connectivity index (χ3v) is 3.34. The molecule has 1 atom stereocenters. The van der Waals surface area contributed by atoms with Gasteiger partial charge in [0.05, 0.1) is 12.2 Å². The zero-order chi connectivity index (χ0) is 13.9. The molecule has 0 fully saturated rings. The molecule has 1 unspecified atom stereocenters. The van der Waals surface area contributed by atoms with Crippen LogP contribution in [-0.4, -0.2) is 22.8 Å². The molecule has 2 N–H and O–H groups in total. The van der Waals surface area contributed by atoms with Gasteiger partial charge in [-0.15, -0.1) is 0 Å². The molecule has 0 aliphatic heterocycles. The van der Waals surface area contributed by atoms with Crippen LogP contribution in [0.25, 0.3) is 0 Å². The molecule has 0 bridgehead atoms. The van der Waals surface area contributed by atoms with Crippen molar-refractivity contribution < 1.29 is 15.0 Å². The summed E-state index contributed by atoms with van der Waals surface area (Å²) in [6.45, 7) is 8.17. The van der Waals surface area contributed by atoms with Crippen molar-refractivity contribution in [1.29, 1.82) is 0 Å². The Morgan fingerprint density at radius 3 is 2.44 bits per heavy atom. The van der Waals surface area contributed by atoms with Gasteiger partial charge in [0.2, 0.25) is 0 Å². The Morgan fingerprint density at radius 1 is 1.39 bits per heavy atom. The number of carbonyl (C=O) groups is 1. The maximum atomic E-state index is 11.0. The van der Waals surface area contributed by atoms with E-state index in [1.807, 2.05) is 19.9 Å². The summed E-state index contributed by atoms with van der Waals surface area (Å²) in [5, 5.41) is 18.8. The van der Waals surface area contributed by atoms with Crippen LogP contribution >= 0.6 is 0 Å². The van der Waals surface area contributed by atoms with Crippen molar-refractivity contribution in [3.8, 4) is 0 Å². The predicted octanol–water partition coefficient (Wildman–Crippen LogP) is 2.99. The number of aryl methyl sites for hydroxylation is 1. The summed E-state index contributed by atoms with van der Waals surface area (Å²) in [6, 6.07) is 5.11. The van der Waals surface area contributed by atoms with E-state index >= 15 is 0 Å². The fourth-order valence-corrected chi connectivity index (χ4v) is 2.57. The molecular formula is C15H22O3. The van der Waals surface area contributed by atoms with Gasteiger partial charge in [-0.3, -0.25) is 0 Å². The molecular weight excluding hydrogens is 228 g/mol. The minimum atomic E-state index is -0.930. The van der Waals surface area contributed by atoms with Crippen molar-refractivity contribution in [3.63, 3.8) is 0 Å². The largest absolute Gasteiger partial charge is 0.478 e. The molecule has 18 heavy (non-hydrogen) atoms. The summed E-state index contributed by atoms with van der Waals surface area (Å²) < 4.78 is 0. The van der Waals surface area contributed by atoms with Crippen LogP contribution in [0.5, 0.6) is 0 Å². The molecule has 1 aromatic carbocycles. The molecule has 1 aromatic rings. The minimum Gasteiger partial charge on any atom is -0.478 e. The van der Waals surface area contributed by atoms with Gasteiger partial charge in [0.1, 0.15) is 0 Å². The lowest BCUT2D eigenvalue weighted by Gasteiger charge is -2.31. The van der Waals surface area contributed by atoms with Crippen molar-refractivity contribution in [2.24, 2.45) is 5.92 Å². The lowest BCUT2D eigenvalue weighted by molar-refractivity contribution is 0.0696. The molecule has 100 valence electrons. The minimum absolute atomic E-state index is 0.0229. The van der Waals surface area contributed by atoms with E-state index in [2.05, 4.69) is 13.8 Å². The van der Waals surface area contributed by atoms with Gasteiger partial charge in [-0.1, -0.05) is 26.8 Å². The fraction of sp³-hybridized carbons (Fsp3) is 0.533. The molecule has 1 rings (SSSR count). The number of carboxylic acid groups (broad SMARTS) is 1. The van der Waals surface area contributed by atoms with Crippen LogP contribution in [0.15, 0.2) is 18.2 Å². The number of hydrogen-bond acceptors (Lipinski definition) is 2. The highest BCUT2D eigenvalue weighted by atomic mass is 16.4. The van der Waals surface area contributed by atoms with Crippen LogP contribution in [-0.2, 0) is 5.41 Å². The monoisotopic (exact) mass is 250 g/mol. The Morgan fingerprint density at radius 2 is 2.00 bits per heavy atom. The summed E-state index contributed by atoms with van der Waals surface area (Å²) in [6.07, 6.45) is 0.827. The number of rotatable bonds is 5. The summed E-state index contributed by atoms with van der Waals surface area (Å²) in [4.78, 5) is 11.0. The standard InChI is InChI=1S/C15H22O3/c1-10(2)8-15(4,9-16)13-7-12(14(17)18)6-5-11(13)3/h5-7,10,16H,8-9H2,1-4H3,(H,17,18). The average molecular weight is 250 g/mol. The van der Waals surface area contributed by atoms with Crippen LogP contribution in [0, 0.1) is 12.8 Å². The first-order chi connectivity index (χ1) is 8.30. The van der Waals surface area contributed by atoms with Crippen LogP contribution in [0.4, 0.5) is 0 Å². The summed E-state index contributed by atoms with van der Waals surface area (Å²) in [7, 11) is 0. The van der Waals surface area contributed by atoms with Crippen LogP contribution in [0.2, 0.25) is 0 Å². The molecule has 0 radical (unpaired) electrons. The van der Waals surface area contributed by atoms with E-state index in [1.165, 1.54) is 0 Å². The van der Waals surface area contributed by atoms with E-state index < -0.39 is 5.97 Å². The molecule has 3 nitrogen and oxygen atoms in total. The van der Waals surface area contributed by atoms with E-state index in [0.29, 0.717) is 5.92 Å². The number of aromatic carboxylic acids is 1. The van der Waals surface area contributed by atoms with Crippen molar-refractivity contribution in [2.45, 2.75) is 39.5 Å². The number of aliphatic hydroxyl groups is 1. The highest BCUT2D eigenvalue weighted by molar-refractivity contribution is 5.88. The number of benzene rings is 1. The van der Waals surface area contributed by atoms with Gasteiger partial charge in [0, 0.05) is 5.41 Å². The Hall–Kier alpha value is -1.35. The summed E-state index contributed by atoms with van der Waals surface area (Å²) in [5.41, 5.74) is 1.85. The third-order valence-electron chi connectivity index (χ3n) is 3.34. The van der Waals surface area contributed by atoms with Gasteiger partial charge in [0.25, 0.3) is 0 Å². The first-order valence-electron chi connectivity index (χ1n) is 6.25. The second-order valence-corrected chi connectivity index (χ2v) is 5.65. The van der Waals surface area contributed by atoms with Crippen LogP contribution in [0.1, 0.15) is 48.7 Å². The Labute approximate surface area is 108 Å². The fourth-order valence-electron chi connectivity index (χ4n) is 2.57. The van der Waals surface area contributed by atoms with Crippen molar-refractivity contribution in [2.75, 3.05) is 6.61 Å². The SMILES string of the molecule is Cc1ccc(C(=O)O)cc1C(C)(CO)CC(C)C. The molecule has 0 aromatic heterocycles. The first-order valence-corrected chi connectivity index (χ1v) is 6.25. The van der Waals surface area contributed by atoms with Gasteiger partial charge >= 0.3 is 5.97 Å². The predicted molar refractivity (Wildman–Crippen MR) is 72.0 cm³/mol. The van der Waals surface area contributed by atoms with E-state index in [4.69, 9.17) is 5.11 Å². The van der Waals surface area contributed by atoms with Gasteiger partial charge in [-0.2, -0.15) is 0 Å². The maximum absolute atomic E-state index is 11.0. The van der Waals surface area contributed by atoms with Crippen molar-refractivity contribution >= 4 is 5.97 Å². The Balaban J connectivity index is 3.27. The second-order valence-electron chi connectivity index (χ2n) is 5.65. The van der Waals surface area contributed by atoms with Crippen molar-refractivity contribution in [1.82, 2.24) is 0 Å². The van der Waals surface area contributed by atoms with E-state index in [-0.39, 0.29) is 17.6 Å². The molecule has 3 heteroatoms. The lowest BCUT2D eigenvalue weighted by atomic mass is 9.74. The molecule has 0 aliphatic rings. The molecule has 0 saturated carbocycles. The maximum Gasteiger partial charge on any atom is 0.335 e.